The lowest BCUT2D eigenvalue weighted by molar-refractivity contribution is 0.466. The molecule has 0 aromatic carbocycles. The molecule has 0 bridgehead atoms. The standard InChI is InChI=1S/C13H25NS3/c1-3-4-5-13(16-10-11-17-13)7-6-12(2)14-8-9-15-12/h14H,3-11H2,1-2H3. The van der Waals surface area contributed by atoms with Gasteiger partial charge in [-0.1, -0.05) is 19.8 Å². The zero-order valence-electron chi connectivity index (χ0n) is 11.1. The van der Waals surface area contributed by atoms with Gasteiger partial charge >= 0.3 is 0 Å². The van der Waals surface area contributed by atoms with E-state index in [4.69, 9.17) is 0 Å². The summed E-state index contributed by atoms with van der Waals surface area (Å²) in [7, 11) is 0. The first-order chi connectivity index (χ1) is 8.18. The minimum atomic E-state index is 0.364. The van der Waals surface area contributed by atoms with Crippen LogP contribution < -0.4 is 5.32 Å². The van der Waals surface area contributed by atoms with E-state index in [-0.39, 0.29) is 0 Å². The van der Waals surface area contributed by atoms with Crippen molar-refractivity contribution >= 4 is 35.3 Å². The molecule has 0 aromatic rings. The molecule has 1 N–H and O–H groups in total. The monoisotopic (exact) mass is 291 g/mol. The van der Waals surface area contributed by atoms with Crippen molar-refractivity contribution in [3.8, 4) is 0 Å². The molecule has 1 atom stereocenters. The average molecular weight is 292 g/mol. The highest BCUT2D eigenvalue weighted by atomic mass is 32.2. The van der Waals surface area contributed by atoms with E-state index in [1.165, 1.54) is 55.9 Å². The second kappa shape index (κ2) is 6.44. The number of hydrogen-bond acceptors (Lipinski definition) is 4. The van der Waals surface area contributed by atoms with Gasteiger partial charge in [0.2, 0.25) is 0 Å². The van der Waals surface area contributed by atoms with Crippen molar-refractivity contribution in [2.24, 2.45) is 0 Å². The fourth-order valence-electron chi connectivity index (χ4n) is 2.59. The van der Waals surface area contributed by atoms with Crippen molar-refractivity contribution < 1.29 is 0 Å². The van der Waals surface area contributed by atoms with Crippen LogP contribution in [-0.4, -0.2) is 32.8 Å². The van der Waals surface area contributed by atoms with E-state index >= 15 is 0 Å². The SMILES string of the molecule is CCCCC1(CCC2(C)NCCS2)SCCS1. The molecular formula is C13H25NS3. The fraction of sp³-hybridized carbons (Fsp3) is 1.00. The average Bonchev–Trinajstić information content (AvgIpc) is 2.95. The molecule has 2 saturated heterocycles. The number of rotatable bonds is 6. The number of thioether (sulfide) groups is 3. The molecular weight excluding hydrogens is 266 g/mol. The third-order valence-corrected chi connectivity index (χ3v) is 8.77. The second-order valence-electron chi connectivity index (χ2n) is 5.22. The number of hydrogen-bond donors (Lipinski definition) is 1. The lowest BCUT2D eigenvalue weighted by Crippen LogP contribution is -2.35. The van der Waals surface area contributed by atoms with Gasteiger partial charge in [-0.05, 0) is 26.2 Å². The Morgan fingerprint density at radius 2 is 1.76 bits per heavy atom. The van der Waals surface area contributed by atoms with Crippen molar-refractivity contribution in [3.63, 3.8) is 0 Å². The van der Waals surface area contributed by atoms with Crippen LogP contribution in [0.15, 0.2) is 0 Å². The van der Waals surface area contributed by atoms with Gasteiger partial charge in [0.1, 0.15) is 0 Å². The van der Waals surface area contributed by atoms with Crippen LogP contribution in [0.4, 0.5) is 0 Å². The van der Waals surface area contributed by atoms with Gasteiger partial charge in [-0.2, -0.15) is 0 Å². The molecule has 4 heteroatoms. The Morgan fingerprint density at radius 1 is 1.00 bits per heavy atom. The topological polar surface area (TPSA) is 12.0 Å². The maximum atomic E-state index is 3.67. The molecule has 2 heterocycles. The Morgan fingerprint density at radius 3 is 2.35 bits per heavy atom. The van der Waals surface area contributed by atoms with Crippen molar-refractivity contribution in [1.29, 1.82) is 0 Å². The molecule has 2 rings (SSSR count). The predicted octanol–water partition coefficient (Wildman–Crippen LogP) is 4.19. The quantitative estimate of drug-likeness (QED) is 0.787. The molecule has 2 fully saturated rings. The highest BCUT2D eigenvalue weighted by molar-refractivity contribution is 8.21. The maximum Gasteiger partial charge on any atom is 0.0618 e. The number of unbranched alkanes of at least 4 members (excludes halogenated alkanes) is 1. The van der Waals surface area contributed by atoms with E-state index in [9.17, 15) is 0 Å². The van der Waals surface area contributed by atoms with Gasteiger partial charge in [-0.15, -0.1) is 35.3 Å². The predicted molar refractivity (Wildman–Crippen MR) is 85.3 cm³/mol. The van der Waals surface area contributed by atoms with E-state index < -0.39 is 0 Å². The minimum Gasteiger partial charge on any atom is -0.302 e. The molecule has 0 aromatic heterocycles. The molecule has 2 aliphatic heterocycles. The largest absolute Gasteiger partial charge is 0.302 e. The Labute approximate surface area is 119 Å². The first kappa shape index (κ1) is 14.4. The highest BCUT2D eigenvalue weighted by Gasteiger charge is 2.38. The third kappa shape index (κ3) is 3.99. The van der Waals surface area contributed by atoms with Gasteiger partial charge in [0.05, 0.1) is 8.95 Å². The lowest BCUT2D eigenvalue weighted by Gasteiger charge is -2.32. The van der Waals surface area contributed by atoms with Crippen molar-refractivity contribution in [3.05, 3.63) is 0 Å². The van der Waals surface area contributed by atoms with Gasteiger partial charge in [-0.25, -0.2) is 0 Å². The van der Waals surface area contributed by atoms with Crippen LogP contribution in [0.2, 0.25) is 0 Å². The van der Waals surface area contributed by atoms with Crippen LogP contribution >= 0.6 is 35.3 Å². The van der Waals surface area contributed by atoms with E-state index in [1.807, 2.05) is 0 Å². The van der Waals surface area contributed by atoms with Crippen molar-refractivity contribution in [2.45, 2.75) is 54.9 Å². The second-order valence-corrected chi connectivity index (χ2v) is 10.0. The fourth-order valence-corrected chi connectivity index (χ4v) is 7.01. The summed E-state index contributed by atoms with van der Waals surface area (Å²) in [5, 5.41) is 3.67. The summed E-state index contributed by atoms with van der Waals surface area (Å²) in [5.41, 5.74) is 0. The first-order valence-corrected chi connectivity index (χ1v) is 9.81. The zero-order chi connectivity index (χ0) is 12.2. The summed E-state index contributed by atoms with van der Waals surface area (Å²) in [5.74, 6) is 4.02. The molecule has 0 amide bonds. The van der Waals surface area contributed by atoms with Gasteiger partial charge < -0.3 is 5.32 Å². The molecule has 1 nitrogen and oxygen atoms in total. The number of nitrogens with one attached hydrogen (secondary N) is 1. The Bertz CT molecular complexity index is 233. The maximum absolute atomic E-state index is 3.67. The van der Waals surface area contributed by atoms with E-state index in [0.29, 0.717) is 8.95 Å². The first-order valence-electron chi connectivity index (χ1n) is 6.85. The Kier molecular flexibility index (Phi) is 5.47. The van der Waals surface area contributed by atoms with Gasteiger partial charge in [-0.3, -0.25) is 0 Å². The molecule has 17 heavy (non-hydrogen) atoms. The van der Waals surface area contributed by atoms with Gasteiger partial charge in [0, 0.05) is 23.8 Å². The third-order valence-electron chi connectivity index (χ3n) is 3.73. The normalized spacial score (nSPS) is 32.1. The van der Waals surface area contributed by atoms with Gasteiger partial charge in [0.15, 0.2) is 0 Å². The summed E-state index contributed by atoms with van der Waals surface area (Å²) < 4.78 is 0.559. The van der Waals surface area contributed by atoms with Crippen molar-refractivity contribution in [2.75, 3.05) is 23.8 Å². The van der Waals surface area contributed by atoms with Gasteiger partial charge in [0.25, 0.3) is 0 Å². The molecule has 2 aliphatic rings. The van der Waals surface area contributed by atoms with Crippen molar-refractivity contribution in [1.82, 2.24) is 5.32 Å². The van der Waals surface area contributed by atoms with Crippen LogP contribution in [0.5, 0.6) is 0 Å². The van der Waals surface area contributed by atoms with Crippen LogP contribution in [0.3, 0.4) is 0 Å². The summed E-state index contributed by atoms with van der Waals surface area (Å²) in [4.78, 5) is 0.364. The smallest absolute Gasteiger partial charge is 0.0618 e. The highest BCUT2D eigenvalue weighted by Crippen LogP contribution is 2.51. The molecule has 0 radical (unpaired) electrons. The molecule has 1 unspecified atom stereocenters. The van der Waals surface area contributed by atoms with Crippen LogP contribution in [-0.2, 0) is 0 Å². The summed E-state index contributed by atoms with van der Waals surface area (Å²) in [6.07, 6.45) is 6.88. The minimum absolute atomic E-state index is 0.364. The van der Waals surface area contributed by atoms with Crippen LogP contribution in [0, 0.1) is 0 Å². The van der Waals surface area contributed by atoms with E-state index in [1.54, 1.807) is 0 Å². The van der Waals surface area contributed by atoms with Crippen LogP contribution in [0.1, 0.15) is 46.0 Å². The molecule has 0 aliphatic carbocycles. The lowest BCUT2D eigenvalue weighted by atomic mass is 10.1. The van der Waals surface area contributed by atoms with E-state index in [0.717, 1.165) is 0 Å². The Balaban J connectivity index is 1.84. The zero-order valence-corrected chi connectivity index (χ0v) is 13.5. The van der Waals surface area contributed by atoms with Crippen LogP contribution in [0.25, 0.3) is 0 Å². The molecule has 0 saturated carbocycles. The molecule has 100 valence electrons. The molecule has 0 spiro atoms. The van der Waals surface area contributed by atoms with E-state index in [2.05, 4.69) is 54.4 Å². The summed E-state index contributed by atoms with van der Waals surface area (Å²) >= 11 is 6.60. The Hall–Kier alpha value is 1.01. The summed E-state index contributed by atoms with van der Waals surface area (Å²) in [6, 6.07) is 0. The summed E-state index contributed by atoms with van der Waals surface area (Å²) in [6.45, 7) is 5.90.